The number of pyridine rings is 1. The van der Waals surface area contributed by atoms with E-state index in [4.69, 9.17) is 0 Å². The maximum Gasteiger partial charge on any atom is 0.274 e. The molecule has 0 aliphatic rings. The number of hydrogen-bond acceptors (Lipinski definition) is 4. The largest absolute Gasteiger partial charge is 0.320 e. The Hall–Kier alpha value is -2.28. The second-order valence-electron chi connectivity index (χ2n) is 4.07. The number of non-ortho nitro benzene ring substituents is 1. The van der Waals surface area contributed by atoms with Gasteiger partial charge in [0, 0.05) is 22.8 Å². The van der Waals surface area contributed by atoms with E-state index in [1.807, 2.05) is 0 Å². The van der Waals surface area contributed by atoms with Crippen molar-refractivity contribution < 1.29 is 9.72 Å². The lowest BCUT2D eigenvalue weighted by Gasteiger charge is -2.07. The van der Waals surface area contributed by atoms with Crippen molar-refractivity contribution in [2.45, 2.75) is 6.92 Å². The Morgan fingerprint density at radius 3 is 2.70 bits per heavy atom. The molecule has 1 heterocycles. The number of aryl methyl sites for hydroxylation is 1. The highest BCUT2D eigenvalue weighted by Crippen LogP contribution is 2.22. The number of rotatable bonds is 3. The van der Waals surface area contributed by atoms with Gasteiger partial charge in [-0.2, -0.15) is 0 Å². The first kappa shape index (κ1) is 14.1. The van der Waals surface area contributed by atoms with Crippen molar-refractivity contribution in [1.29, 1.82) is 0 Å². The van der Waals surface area contributed by atoms with Crippen molar-refractivity contribution in [2.75, 3.05) is 5.32 Å². The average Bonchev–Trinajstić information content (AvgIpc) is 2.41. The summed E-state index contributed by atoms with van der Waals surface area (Å²) in [5.74, 6) is -0.416. The molecular formula is C13H10BrN3O3. The Bertz CT molecular complexity index is 671. The topological polar surface area (TPSA) is 85.1 Å². The summed E-state index contributed by atoms with van der Waals surface area (Å²) in [6, 6.07) is 7.56. The summed E-state index contributed by atoms with van der Waals surface area (Å²) in [6.45, 7) is 1.76. The van der Waals surface area contributed by atoms with Crippen LogP contribution in [0.3, 0.4) is 0 Å². The fourth-order valence-electron chi connectivity index (χ4n) is 1.55. The van der Waals surface area contributed by atoms with Crippen molar-refractivity contribution in [3.05, 3.63) is 62.4 Å². The molecule has 102 valence electrons. The number of nitrogens with zero attached hydrogens (tertiary/aromatic N) is 2. The fraction of sp³-hybridized carbons (Fsp3) is 0.0769. The summed E-state index contributed by atoms with van der Waals surface area (Å²) in [5, 5.41) is 13.4. The predicted molar refractivity (Wildman–Crippen MR) is 77.7 cm³/mol. The Labute approximate surface area is 123 Å². The van der Waals surface area contributed by atoms with Gasteiger partial charge in [0.2, 0.25) is 0 Å². The number of anilines is 1. The van der Waals surface area contributed by atoms with Crippen molar-refractivity contribution in [3.63, 3.8) is 0 Å². The molecule has 1 amide bonds. The Morgan fingerprint density at radius 1 is 1.35 bits per heavy atom. The second-order valence-corrected chi connectivity index (χ2v) is 4.99. The van der Waals surface area contributed by atoms with Crippen LogP contribution in [0.25, 0.3) is 0 Å². The van der Waals surface area contributed by atoms with Crippen LogP contribution in [-0.2, 0) is 0 Å². The average molecular weight is 336 g/mol. The van der Waals surface area contributed by atoms with Gasteiger partial charge in [0.1, 0.15) is 5.69 Å². The predicted octanol–water partition coefficient (Wildman–Crippen LogP) is 3.31. The van der Waals surface area contributed by atoms with Crippen LogP contribution in [0, 0.1) is 17.0 Å². The van der Waals surface area contributed by atoms with Crippen LogP contribution in [0.1, 0.15) is 16.1 Å². The lowest BCUT2D eigenvalue weighted by Crippen LogP contribution is -2.14. The van der Waals surface area contributed by atoms with Crippen molar-refractivity contribution >= 4 is 33.2 Å². The minimum atomic E-state index is -0.507. The summed E-state index contributed by atoms with van der Waals surface area (Å²) in [7, 11) is 0. The summed E-state index contributed by atoms with van der Waals surface area (Å²) in [6.07, 6.45) is 1.51. The van der Waals surface area contributed by atoms with Crippen LogP contribution < -0.4 is 5.32 Å². The van der Waals surface area contributed by atoms with Crippen molar-refractivity contribution in [2.24, 2.45) is 0 Å². The van der Waals surface area contributed by atoms with Gasteiger partial charge in [-0.15, -0.1) is 0 Å². The molecule has 0 saturated carbocycles. The molecular weight excluding hydrogens is 326 g/mol. The number of nitro benzene ring substituents is 1. The van der Waals surface area contributed by atoms with Gasteiger partial charge < -0.3 is 5.32 Å². The molecule has 0 aliphatic heterocycles. The molecule has 1 aromatic carbocycles. The fourth-order valence-corrected chi connectivity index (χ4v) is 1.79. The minimum Gasteiger partial charge on any atom is -0.320 e. The van der Waals surface area contributed by atoms with Crippen LogP contribution in [0.4, 0.5) is 11.4 Å². The van der Waals surface area contributed by atoms with Gasteiger partial charge in [0.05, 0.1) is 10.6 Å². The molecule has 0 saturated heterocycles. The van der Waals surface area contributed by atoms with E-state index < -0.39 is 10.8 Å². The van der Waals surface area contributed by atoms with Crippen molar-refractivity contribution in [3.8, 4) is 0 Å². The third kappa shape index (κ3) is 3.18. The van der Waals surface area contributed by atoms with Crippen LogP contribution in [0.2, 0.25) is 0 Å². The first-order chi connectivity index (χ1) is 9.47. The number of hydrogen-bond donors (Lipinski definition) is 1. The molecule has 0 aliphatic carbocycles. The highest BCUT2D eigenvalue weighted by Gasteiger charge is 2.12. The molecule has 0 fully saturated rings. The maximum absolute atomic E-state index is 12.0. The van der Waals surface area contributed by atoms with Crippen LogP contribution >= 0.6 is 15.9 Å². The number of benzene rings is 1. The van der Waals surface area contributed by atoms with Crippen LogP contribution in [0.15, 0.2) is 41.0 Å². The maximum atomic E-state index is 12.0. The Morgan fingerprint density at radius 2 is 2.10 bits per heavy atom. The molecule has 2 aromatic rings. The number of carbonyl (C=O) groups is 1. The van der Waals surface area contributed by atoms with Gasteiger partial charge in [0.25, 0.3) is 11.6 Å². The first-order valence-corrected chi connectivity index (χ1v) is 6.44. The van der Waals surface area contributed by atoms with E-state index >= 15 is 0 Å². The van der Waals surface area contributed by atoms with E-state index in [-0.39, 0.29) is 11.4 Å². The van der Waals surface area contributed by atoms with Gasteiger partial charge in [-0.1, -0.05) is 6.07 Å². The summed E-state index contributed by atoms with van der Waals surface area (Å²) < 4.78 is 0.764. The highest BCUT2D eigenvalue weighted by atomic mass is 79.9. The second kappa shape index (κ2) is 5.79. The van der Waals surface area contributed by atoms with E-state index in [1.165, 1.54) is 18.3 Å². The standard InChI is InChI=1S/C13H10BrN3O3/c1-8-2-4-10(17(19)20)6-12(8)16-13(18)11-5-3-9(14)7-15-11/h2-7H,1H3,(H,16,18). The van der Waals surface area contributed by atoms with E-state index in [9.17, 15) is 14.9 Å². The van der Waals surface area contributed by atoms with Crippen LogP contribution in [0.5, 0.6) is 0 Å². The normalized spacial score (nSPS) is 10.1. The lowest BCUT2D eigenvalue weighted by atomic mass is 10.1. The number of aromatic nitrogens is 1. The molecule has 0 unspecified atom stereocenters. The molecule has 1 aromatic heterocycles. The zero-order valence-corrected chi connectivity index (χ0v) is 12.0. The number of nitro groups is 1. The summed E-state index contributed by atoms with van der Waals surface area (Å²) in [4.78, 5) is 26.2. The number of nitrogens with one attached hydrogen (secondary N) is 1. The van der Waals surface area contributed by atoms with Gasteiger partial charge in [-0.25, -0.2) is 4.98 Å². The monoisotopic (exact) mass is 335 g/mol. The third-order valence-corrected chi connectivity index (χ3v) is 3.11. The van der Waals surface area contributed by atoms with Crippen molar-refractivity contribution in [1.82, 2.24) is 4.98 Å². The first-order valence-electron chi connectivity index (χ1n) is 5.65. The number of halogens is 1. The smallest absolute Gasteiger partial charge is 0.274 e. The molecule has 0 radical (unpaired) electrons. The van der Waals surface area contributed by atoms with E-state index in [1.54, 1.807) is 25.1 Å². The molecule has 0 spiro atoms. The van der Waals surface area contributed by atoms with Gasteiger partial charge in [-0.3, -0.25) is 14.9 Å². The molecule has 6 nitrogen and oxygen atoms in total. The van der Waals surface area contributed by atoms with Gasteiger partial charge in [0.15, 0.2) is 0 Å². The molecule has 2 rings (SSSR count). The lowest BCUT2D eigenvalue weighted by molar-refractivity contribution is -0.384. The molecule has 7 heteroatoms. The van der Waals surface area contributed by atoms with E-state index in [0.717, 1.165) is 10.0 Å². The molecule has 0 bridgehead atoms. The van der Waals surface area contributed by atoms with E-state index in [2.05, 4.69) is 26.2 Å². The molecule has 1 N–H and O–H groups in total. The zero-order chi connectivity index (χ0) is 14.7. The van der Waals surface area contributed by atoms with Crippen LogP contribution in [-0.4, -0.2) is 15.8 Å². The number of carbonyl (C=O) groups excluding carboxylic acids is 1. The molecule has 20 heavy (non-hydrogen) atoms. The Balaban J connectivity index is 2.25. The SMILES string of the molecule is Cc1ccc([N+](=O)[O-])cc1NC(=O)c1ccc(Br)cn1. The number of amides is 1. The third-order valence-electron chi connectivity index (χ3n) is 2.64. The van der Waals surface area contributed by atoms with Gasteiger partial charge in [-0.05, 0) is 40.5 Å². The summed E-state index contributed by atoms with van der Waals surface area (Å²) in [5.41, 5.74) is 1.30. The van der Waals surface area contributed by atoms with Gasteiger partial charge >= 0.3 is 0 Å². The van der Waals surface area contributed by atoms with E-state index in [0.29, 0.717) is 5.69 Å². The minimum absolute atomic E-state index is 0.0744. The Kier molecular flexibility index (Phi) is 4.09. The summed E-state index contributed by atoms with van der Waals surface area (Å²) >= 11 is 3.23. The quantitative estimate of drug-likeness (QED) is 0.688. The zero-order valence-electron chi connectivity index (χ0n) is 10.5. The highest BCUT2D eigenvalue weighted by molar-refractivity contribution is 9.10. The molecule has 0 atom stereocenters.